The van der Waals surface area contributed by atoms with Crippen LogP contribution in [0, 0.1) is 13.8 Å². The van der Waals surface area contributed by atoms with Crippen molar-refractivity contribution in [2.24, 2.45) is 0 Å². The Labute approximate surface area is 132 Å². The molecule has 0 unspecified atom stereocenters. The maximum Gasteiger partial charge on any atom is 0.268 e. The molecule has 0 spiro atoms. The second kappa shape index (κ2) is 5.79. The fraction of sp³-hybridized carbons (Fsp3) is 0.294. The van der Waals surface area contributed by atoms with E-state index in [0.717, 1.165) is 23.4 Å². The molecule has 2 aromatic heterocycles. The lowest BCUT2D eigenvalue weighted by molar-refractivity contribution is 0.928. The van der Waals surface area contributed by atoms with Gasteiger partial charge in [0.2, 0.25) is 0 Å². The predicted octanol–water partition coefficient (Wildman–Crippen LogP) is 2.08. The average molecular weight is 312 g/mol. The summed E-state index contributed by atoms with van der Waals surface area (Å²) in [6.45, 7) is 5.75. The number of aromatic nitrogens is 4. The number of aryl methyl sites for hydroxylation is 3. The predicted molar refractivity (Wildman–Crippen MR) is 89.1 cm³/mol. The maximum absolute atomic E-state index is 12.3. The van der Waals surface area contributed by atoms with E-state index in [-0.39, 0.29) is 11.1 Å². The van der Waals surface area contributed by atoms with Crippen molar-refractivity contribution in [3.8, 4) is 0 Å². The van der Waals surface area contributed by atoms with E-state index in [4.69, 9.17) is 0 Å². The molecule has 2 heterocycles. The molecule has 6 heteroatoms. The second-order valence-electron chi connectivity index (χ2n) is 5.76. The smallest absolute Gasteiger partial charge is 0.268 e. The molecule has 0 amide bonds. The summed E-state index contributed by atoms with van der Waals surface area (Å²) >= 11 is 0. The monoisotopic (exact) mass is 312 g/mol. The largest absolute Gasteiger partial charge is 0.302 e. The normalized spacial score (nSPS) is 11.3. The quantitative estimate of drug-likeness (QED) is 0.593. The molecule has 3 rings (SSSR count). The molecule has 0 bridgehead atoms. The Morgan fingerprint density at radius 3 is 1.65 bits per heavy atom. The van der Waals surface area contributed by atoms with E-state index in [9.17, 15) is 9.59 Å². The van der Waals surface area contributed by atoms with Crippen LogP contribution in [0.5, 0.6) is 0 Å². The van der Waals surface area contributed by atoms with Gasteiger partial charge in [-0.25, -0.2) is 0 Å². The van der Waals surface area contributed by atoms with Crippen molar-refractivity contribution in [3.63, 3.8) is 0 Å². The molecule has 0 saturated carbocycles. The molecule has 23 heavy (non-hydrogen) atoms. The van der Waals surface area contributed by atoms with Gasteiger partial charge in [0, 0.05) is 17.3 Å². The first kappa shape index (κ1) is 15.1. The second-order valence-corrected chi connectivity index (χ2v) is 5.76. The van der Waals surface area contributed by atoms with Gasteiger partial charge in [-0.2, -0.15) is 0 Å². The van der Waals surface area contributed by atoms with Gasteiger partial charge >= 0.3 is 0 Å². The molecule has 0 aliphatic carbocycles. The fourth-order valence-electron chi connectivity index (χ4n) is 3.03. The van der Waals surface area contributed by atoms with Crippen LogP contribution < -0.4 is 11.1 Å². The molecule has 3 aromatic rings. The zero-order valence-corrected chi connectivity index (χ0v) is 13.4. The van der Waals surface area contributed by atoms with Gasteiger partial charge in [0.15, 0.2) is 0 Å². The van der Waals surface area contributed by atoms with Gasteiger partial charge in [-0.15, -0.1) is 0 Å². The Hall–Kier alpha value is -2.76. The van der Waals surface area contributed by atoms with Crippen molar-refractivity contribution < 1.29 is 0 Å². The van der Waals surface area contributed by atoms with Crippen LogP contribution in [0.25, 0.3) is 0 Å². The van der Waals surface area contributed by atoms with E-state index in [1.165, 1.54) is 5.56 Å². The summed E-state index contributed by atoms with van der Waals surface area (Å²) in [7, 11) is 0. The van der Waals surface area contributed by atoms with Gasteiger partial charge in [0.1, 0.15) is 0 Å². The van der Waals surface area contributed by atoms with Crippen LogP contribution in [0.15, 0.2) is 33.9 Å². The van der Waals surface area contributed by atoms with E-state index in [1.54, 1.807) is 0 Å². The number of rotatable bonds is 4. The van der Waals surface area contributed by atoms with E-state index in [0.29, 0.717) is 11.1 Å². The summed E-state index contributed by atoms with van der Waals surface area (Å²) in [5.74, 6) is -0.411. The zero-order chi connectivity index (χ0) is 16.6. The highest BCUT2D eigenvalue weighted by Gasteiger charge is 2.27. The lowest BCUT2D eigenvalue weighted by atomic mass is 9.85. The number of aromatic amines is 4. The molecular formula is C17H20N4O2. The average Bonchev–Trinajstić information content (AvgIpc) is 3.05. The summed E-state index contributed by atoms with van der Waals surface area (Å²) < 4.78 is 0. The summed E-state index contributed by atoms with van der Waals surface area (Å²) in [6, 6.07) is 8.05. The number of nitrogens with one attached hydrogen (secondary N) is 4. The van der Waals surface area contributed by atoms with E-state index >= 15 is 0 Å². The maximum atomic E-state index is 12.3. The molecule has 0 fully saturated rings. The van der Waals surface area contributed by atoms with Crippen molar-refractivity contribution in [2.75, 3.05) is 0 Å². The molecule has 0 radical (unpaired) electrons. The third-order valence-electron chi connectivity index (χ3n) is 4.32. The van der Waals surface area contributed by atoms with Crippen LogP contribution >= 0.6 is 0 Å². The van der Waals surface area contributed by atoms with Gasteiger partial charge in [-0.05, 0) is 31.4 Å². The molecule has 0 atom stereocenters. The van der Waals surface area contributed by atoms with Gasteiger partial charge in [0.25, 0.3) is 11.1 Å². The molecule has 0 saturated heterocycles. The van der Waals surface area contributed by atoms with Crippen LogP contribution in [0.3, 0.4) is 0 Å². The summed E-state index contributed by atoms with van der Waals surface area (Å²) in [6.07, 6.45) is 0.943. The van der Waals surface area contributed by atoms with Crippen LogP contribution in [-0.4, -0.2) is 20.4 Å². The Morgan fingerprint density at radius 2 is 1.30 bits per heavy atom. The van der Waals surface area contributed by atoms with Gasteiger partial charge in [-0.3, -0.25) is 19.8 Å². The standard InChI is InChI=1S/C17H20N4O2/c1-4-11-5-7-12(8-6-11)15(13-9(2)18-20-16(13)22)14-10(3)19-21-17(14)23/h5-8,15H,4H2,1-3H3,(H2,18,20,22)(H2,19,21,23). The first-order valence-corrected chi connectivity index (χ1v) is 7.66. The third-order valence-corrected chi connectivity index (χ3v) is 4.32. The van der Waals surface area contributed by atoms with Gasteiger partial charge in [-0.1, -0.05) is 31.2 Å². The number of hydrogen-bond donors (Lipinski definition) is 4. The highest BCUT2D eigenvalue weighted by molar-refractivity contribution is 5.45. The summed E-state index contributed by atoms with van der Waals surface area (Å²) in [4.78, 5) is 24.6. The van der Waals surface area contributed by atoms with E-state index in [1.807, 2.05) is 38.1 Å². The summed E-state index contributed by atoms with van der Waals surface area (Å²) in [5, 5.41) is 10.9. The van der Waals surface area contributed by atoms with Crippen molar-refractivity contribution in [3.05, 3.63) is 78.6 Å². The minimum atomic E-state index is -0.411. The molecule has 1 aromatic carbocycles. The fourth-order valence-corrected chi connectivity index (χ4v) is 3.03. The molecule has 6 nitrogen and oxygen atoms in total. The molecule has 4 N–H and O–H groups in total. The van der Waals surface area contributed by atoms with E-state index < -0.39 is 5.92 Å². The van der Waals surface area contributed by atoms with Crippen LogP contribution in [0.1, 0.15) is 46.5 Å². The topological polar surface area (TPSA) is 97.3 Å². The van der Waals surface area contributed by atoms with Crippen molar-refractivity contribution in [1.29, 1.82) is 0 Å². The first-order chi connectivity index (χ1) is 11.0. The Kier molecular flexibility index (Phi) is 3.82. The minimum absolute atomic E-state index is 0.202. The zero-order valence-electron chi connectivity index (χ0n) is 13.4. The number of H-pyrrole nitrogens is 4. The van der Waals surface area contributed by atoms with Crippen molar-refractivity contribution in [1.82, 2.24) is 20.4 Å². The van der Waals surface area contributed by atoms with Crippen molar-refractivity contribution in [2.45, 2.75) is 33.1 Å². The van der Waals surface area contributed by atoms with Crippen molar-refractivity contribution >= 4 is 0 Å². The van der Waals surface area contributed by atoms with Crippen LogP contribution in [0.4, 0.5) is 0 Å². The van der Waals surface area contributed by atoms with Gasteiger partial charge in [0.05, 0.1) is 11.1 Å². The number of hydrogen-bond acceptors (Lipinski definition) is 2. The molecule has 120 valence electrons. The highest BCUT2D eigenvalue weighted by Crippen LogP contribution is 2.31. The number of benzene rings is 1. The first-order valence-electron chi connectivity index (χ1n) is 7.66. The van der Waals surface area contributed by atoms with Crippen LogP contribution in [-0.2, 0) is 6.42 Å². The molecule has 0 aliphatic rings. The van der Waals surface area contributed by atoms with E-state index in [2.05, 4.69) is 27.3 Å². The van der Waals surface area contributed by atoms with Crippen LogP contribution in [0.2, 0.25) is 0 Å². The highest BCUT2D eigenvalue weighted by atomic mass is 16.1. The lowest BCUT2D eigenvalue weighted by Gasteiger charge is -2.16. The minimum Gasteiger partial charge on any atom is -0.302 e. The Morgan fingerprint density at radius 1 is 0.826 bits per heavy atom. The lowest BCUT2D eigenvalue weighted by Crippen LogP contribution is -2.20. The third kappa shape index (κ3) is 2.56. The SMILES string of the molecule is CCc1ccc(C(c2c(C)[nH][nH]c2=O)c2c(C)[nH][nH]c2=O)cc1. The van der Waals surface area contributed by atoms with Gasteiger partial charge < -0.3 is 10.2 Å². The molecule has 0 aliphatic heterocycles. The Balaban J connectivity index is 2.26. The molecular weight excluding hydrogens is 292 g/mol. The Bertz CT molecular complexity index is 870. The summed E-state index contributed by atoms with van der Waals surface area (Å²) in [5.41, 5.74) is 4.35.